The Morgan fingerprint density at radius 1 is 0.967 bits per heavy atom. The first-order chi connectivity index (χ1) is 14.6. The van der Waals surface area contributed by atoms with Crippen molar-refractivity contribution in [1.29, 1.82) is 0 Å². The molecule has 1 atom stereocenters. The molecule has 1 unspecified atom stereocenters. The molecule has 0 N–H and O–H groups in total. The smallest absolute Gasteiger partial charge is 0.227 e. The molecule has 0 bridgehead atoms. The van der Waals surface area contributed by atoms with E-state index in [0.29, 0.717) is 12.3 Å². The van der Waals surface area contributed by atoms with Gasteiger partial charge in [0.15, 0.2) is 0 Å². The molecule has 2 fully saturated rings. The van der Waals surface area contributed by atoms with Gasteiger partial charge in [-0.2, -0.15) is 0 Å². The van der Waals surface area contributed by atoms with E-state index in [1.165, 1.54) is 18.4 Å². The summed E-state index contributed by atoms with van der Waals surface area (Å²) in [5, 5.41) is 0. The lowest BCUT2D eigenvalue weighted by Crippen LogP contribution is -2.37. The fourth-order valence-electron chi connectivity index (χ4n) is 4.86. The molecule has 0 aliphatic carbocycles. The second kappa shape index (κ2) is 9.69. The van der Waals surface area contributed by atoms with Crippen LogP contribution in [0.2, 0.25) is 0 Å². The molecule has 1 amide bonds. The molecule has 2 aromatic rings. The molecule has 5 heteroatoms. The number of aromatic nitrogens is 2. The molecule has 0 spiro atoms. The number of carbonyl (C=O) groups excluding carboxylic acids is 1. The normalized spacial score (nSPS) is 20.3. The third kappa shape index (κ3) is 5.07. The van der Waals surface area contributed by atoms with E-state index in [1.54, 1.807) is 0 Å². The number of rotatable bonds is 5. The summed E-state index contributed by atoms with van der Waals surface area (Å²) in [5.41, 5.74) is 4.33. The maximum atomic E-state index is 12.7. The van der Waals surface area contributed by atoms with Gasteiger partial charge in [-0.25, -0.2) is 9.97 Å². The summed E-state index contributed by atoms with van der Waals surface area (Å²) in [7, 11) is 0. The van der Waals surface area contributed by atoms with Crippen LogP contribution in [0.15, 0.2) is 30.3 Å². The molecule has 160 valence electrons. The first-order valence-corrected chi connectivity index (χ1v) is 11.5. The van der Waals surface area contributed by atoms with Crippen molar-refractivity contribution in [3.63, 3.8) is 0 Å². The molecule has 1 aromatic heterocycles. The second-order valence-corrected chi connectivity index (χ2v) is 8.91. The van der Waals surface area contributed by atoms with Gasteiger partial charge in [0, 0.05) is 49.0 Å². The minimum Gasteiger partial charge on any atom is -0.342 e. The van der Waals surface area contributed by atoms with Crippen molar-refractivity contribution in [2.75, 3.05) is 26.2 Å². The van der Waals surface area contributed by atoms with E-state index in [1.807, 2.05) is 18.7 Å². The molecule has 1 aromatic carbocycles. The van der Waals surface area contributed by atoms with Gasteiger partial charge < -0.3 is 4.90 Å². The zero-order valence-electron chi connectivity index (χ0n) is 18.4. The third-order valence-electron chi connectivity index (χ3n) is 6.59. The molecule has 4 rings (SSSR count). The van der Waals surface area contributed by atoms with Gasteiger partial charge in [0.2, 0.25) is 5.91 Å². The maximum absolute atomic E-state index is 12.7. The molecule has 30 heavy (non-hydrogen) atoms. The van der Waals surface area contributed by atoms with E-state index in [-0.39, 0.29) is 5.91 Å². The molecule has 2 aliphatic rings. The Labute approximate surface area is 180 Å². The molecule has 2 saturated heterocycles. The minimum absolute atomic E-state index is 0.226. The molecule has 3 heterocycles. The van der Waals surface area contributed by atoms with Crippen molar-refractivity contribution in [3.05, 3.63) is 58.7 Å². The predicted octanol–water partition coefficient (Wildman–Crippen LogP) is 4.03. The average Bonchev–Trinajstić information content (AvgIpc) is 2.77. The fraction of sp³-hybridized carbons (Fsp3) is 0.560. The lowest BCUT2D eigenvalue weighted by molar-refractivity contribution is -0.131. The van der Waals surface area contributed by atoms with E-state index in [9.17, 15) is 4.79 Å². The van der Waals surface area contributed by atoms with Crippen LogP contribution < -0.4 is 0 Å². The Kier molecular flexibility index (Phi) is 6.78. The van der Waals surface area contributed by atoms with E-state index < -0.39 is 0 Å². The van der Waals surface area contributed by atoms with Crippen LogP contribution in [0.4, 0.5) is 0 Å². The van der Waals surface area contributed by atoms with Gasteiger partial charge >= 0.3 is 0 Å². The number of carbonyl (C=O) groups is 1. The summed E-state index contributed by atoms with van der Waals surface area (Å²) >= 11 is 0. The average molecular weight is 407 g/mol. The number of likely N-dealkylation sites (tertiary alicyclic amines) is 2. The first-order valence-electron chi connectivity index (χ1n) is 11.5. The van der Waals surface area contributed by atoms with Crippen molar-refractivity contribution in [2.24, 2.45) is 0 Å². The van der Waals surface area contributed by atoms with Crippen LogP contribution >= 0.6 is 0 Å². The summed E-state index contributed by atoms with van der Waals surface area (Å²) in [5.74, 6) is 1.55. The highest BCUT2D eigenvalue weighted by atomic mass is 16.2. The summed E-state index contributed by atoms with van der Waals surface area (Å²) < 4.78 is 0. The summed E-state index contributed by atoms with van der Waals surface area (Å²) in [6.45, 7) is 9.00. The topological polar surface area (TPSA) is 49.3 Å². The monoisotopic (exact) mass is 406 g/mol. The summed E-state index contributed by atoms with van der Waals surface area (Å²) in [6, 6.07) is 10.7. The van der Waals surface area contributed by atoms with Gasteiger partial charge in [0.25, 0.3) is 0 Å². The Bertz CT molecular complexity index is 838. The van der Waals surface area contributed by atoms with Crippen LogP contribution in [0.3, 0.4) is 0 Å². The predicted molar refractivity (Wildman–Crippen MR) is 119 cm³/mol. The van der Waals surface area contributed by atoms with Crippen LogP contribution in [-0.2, 0) is 17.8 Å². The van der Waals surface area contributed by atoms with E-state index in [2.05, 4.69) is 35.2 Å². The molecule has 2 aliphatic heterocycles. The van der Waals surface area contributed by atoms with Crippen LogP contribution in [-0.4, -0.2) is 51.9 Å². The van der Waals surface area contributed by atoms with Gasteiger partial charge in [0.1, 0.15) is 5.82 Å². The standard InChI is InChI=1S/C25H34N4O/c1-19-23(16-24(30)29-14-7-4-8-15-29)20(2)27-25(26-19)22-12-9-13-28(18-22)17-21-10-5-3-6-11-21/h3,5-6,10-11,22H,4,7-9,12-18H2,1-2H3. The van der Waals surface area contributed by atoms with E-state index >= 15 is 0 Å². The largest absolute Gasteiger partial charge is 0.342 e. The van der Waals surface area contributed by atoms with Crippen molar-refractivity contribution >= 4 is 5.91 Å². The lowest BCUT2D eigenvalue weighted by Gasteiger charge is -2.32. The van der Waals surface area contributed by atoms with Crippen molar-refractivity contribution in [1.82, 2.24) is 19.8 Å². The number of aryl methyl sites for hydroxylation is 2. The number of nitrogens with zero attached hydrogens (tertiary/aromatic N) is 4. The number of amides is 1. The highest BCUT2D eigenvalue weighted by Gasteiger charge is 2.25. The Morgan fingerprint density at radius 2 is 1.67 bits per heavy atom. The van der Waals surface area contributed by atoms with Gasteiger partial charge in [-0.15, -0.1) is 0 Å². The minimum atomic E-state index is 0.226. The quantitative estimate of drug-likeness (QED) is 0.752. The van der Waals surface area contributed by atoms with Crippen molar-refractivity contribution in [3.8, 4) is 0 Å². The number of benzene rings is 1. The van der Waals surface area contributed by atoms with E-state index in [4.69, 9.17) is 9.97 Å². The second-order valence-electron chi connectivity index (χ2n) is 8.91. The SMILES string of the molecule is Cc1nc(C2CCCN(Cc3ccccc3)C2)nc(C)c1CC(=O)N1CCCCC1. The maximum Gasteiger partial charge on any atom is 0.227 e. The van der Waals surface area contributed by atoms with Gasteiger partial charge in [-0.3, -0.25) is 9.69 Å². The Balaban J connectivity index is 1.43. The van der Waals surface area contributed by atoms with Crippen molar-refractivity contribution in [2.45, 2.75) is 64.8 Å². The zero-order valence-corrected chi connectivity index (χ0v) is 18.4. The first kappa shape index (κ1) is 21.0. The number of hydrogen-bond acceptors (Lipinski definition) is 4. The molecule has 0 radical (unpaired) electrons. The molecule has 0 saturated carbocycles. The van der Waals surface area contributed by atoms with Crippen molar-refractivity contribution < 1.29 is 4.79 Å². The van der Waals surface area contributed by atoms with E-state index in [0.717, 1.165) is 74.8 Å². The number of piperidine rings is 2. The van der Waals surface area contributed by atoms with Gasteiger partial charge in [-0.05, 0) is 58.1 Å². The van der Waals surface area contributed by atoms with Gasteiger partial charge in [0.05, 0.1) is 6.42 Å². The van der Waals surface area contributed by atoms with Crippen LogP contribution in [0.1, 0.15) is 66.4 Å². The molecule has 5 nitrogen and oxygen atoms in total. The van der Waals surface area contributed by atoms with Crippen LogP contribution in [0.25, 0.3) is 0 Å². The zero-order chi connectivity index (χ0) is 20.9. The van der Waals surface area contributed by atoms with Crippen LogP contribution in [0, 0.1) is 13.8 Å². The molecular formula is C25H34N4O. The highest BCUT2D eigenvalue weighted by molar-refractivity contribution is 5.79. The Morgan fingerprint density at radius 3 is 2.37 bits per heavy atom. The van der Waals surface area contributed by atoms with Crippen LogP contribution in [0.5, 0.6) is 0 Å². The summed E-state index contributed by atoms with van der Waals surface area (Å²) in [4.78, 5) is 27.0. The lowest BCUT2D eigenvalue weighted by atomic mass is 9.96. The highest BCUT2D eigenvalue weighted by Crippen LogP contribution is 2.27. The Hall–Kier alpha value is -2.27. The molecular weight excluding hydrogens is 372 g/mol. The third-order valence-corrected chi connectivity index (χ3v) is 6.59. The fourth-order valence-corrected chi connectivity index (χ4v) is 4.86. The van der Waals surface area contributed by atoms with Gasteiger partial charge in [-0.1, -0.05) is 30.3 Å². The number of hydrogen-bond donors (Lipinski definition) is 0. The summed E-state index contributed by atoms with van der Waals surface area (Å²) in [6.07, 6.45) is 6.23.